The Labute approximate surface area is 504 Å². The molecular formula is C84H64N2. The number of fused-ring (bicyclic) bond motifs is 6. The summed E-state index contributed by atoms with van der Waals surface area (Å²) in [6.45, 7) is 13.7. The molecule has 0 saturated heterocycles. The van der Waals surface area contributed by atoms with E-state index in [0.29, 0.717) is 0 Å². The average molecular weight is 1100 g/mol. The first-order chi connectivity index (χ1) is 42.1. The summed E-state index contributed by atoms with van der Waals surface area (Å²) in [6.07, 6.45) is 0. The summed E-state index contributed by atoms with van der Waals surface area (Å²) in [5.41, 5.74) is 28.8. The number of rotatable bonds is 10. The predicted molar refractivity (Wildman–Crippen MR) is 363 cm³/mol. The molecule has 0 radical (unpaired) electrons. The van der Waals surface area contributed by atoms with Crippen molar-refractivity contribution < 1.29 is 0 Å². The fourth-order valence-electron chi connectivity index (χ4n) is 15.8. The molecule has 16 rings (SSSR count). The van der Waals surface area contributed by atoms with Crippen molar-refractivity contribution in [2.75, 3.05) is 9.80 Å². The van der Waals surface area contributed by atoms with Crippen molar-refractivity contribution in [2.45, 2.75) is 52.4 Å². The van der Waals surface area contributed by atoms with Gasteiger partial charge in [0, 0.05) is 22.1 Å². The Balaban J connectivity index is 0.885. The second kappa shape index (κ2) is 19.7. The first-order valence-electron chi connectivity index (χ1n) is 30.3. The Hall–Kier alpha value is -10.3. The lowest BCUT2D eigenvalue weighted by atomic mass is 9.67. The van der Waals surface area contributed by atoms with Gasteiger partial charge in [0.05, 0.1) is 33.6 Å². The summed E-state index contributed by atoms with van der Waals surface area (Å²) in [5, 5.41) is 7.38. The highest BCUT2D eigenvalue weighted by atomic mass is 15.2. The maximum Gasteiger partial charge on any atom is 0.0713 e. The van der Waals surface area contributed by atoms with Crippen LogP contribution in [0.2, 0.25) is 0 Å². The van der Waals surface area contributed by atoms with Gasteiger partial charge in [-0.25, -0.2) is 0 Å². The van der Waals surface area contributed by atoms with Crippen LogP contribution in [0.5, 0.6) is 0 Å². The van der Waals surface area contributed by atoms with Crippen LogP contribution in [0.4, 0.5) is 34.1 Å². The minimum absolute atomic E-state index is 0.512. The molecule has 0 spiro atoms. The summed E-state index contributed by atoms with van der Waals surface area (Å²) in [4.78, 5) is 5.07. The summed E-state index contributed by atoms with van der Waals surface area (Å²) >= 11 is 0. The average Bonchev–Trinajstić information content (AvgIpc) is 1.48. The normalized spacial score (nSPS) is 13.4. The lowest BCUT2D eigenvalue weighted by Gasteiger charge is -2.36. The molecule has 0 aliphatic heterocycles. The lowest BCUT2D eigenvalue weighted by molar-refractivity contribution is 0.765. The molecule has 410 valence electrons. The zero-order chi connectivity index (χ0) is 58.0. The molecule has 0 saturated carbocycles. The molecule has 2 nitrogen and oxygen atoms in total. The second-order valence-electron chi connectivity index (χ2n) is 24.3. The zero-order valence-corrected chi connectivity index (χ0v) is 49.5. The molecule has 2 aliphatic rings. The molecular weight excluding hydrogens is 1040 g/mol. The zero-order valence-electron chi connectivity index (χ0n) is 49.5. The number of anilines is 6. The highest BCUT2D eigenvalue weighted by Gasteiger charge is 2.48. The summed E-state index contributed by atoms with van der Waals surface area (Å²) < 4.78 is 0. The molecule has 0 amide bonds. The Morgan fingerprint density at radius 2 is 0.547 bits per heavy atom. The maximum atomic E-state index is 2.53. The van der Waals surface area contributed by atoms with Gasteiger partial charge in [-0.2, -0.15) is 0 Å². The van der Waals surface area contributed by atoms with Crippen LogP contribution in [-0.2, 0) is 10.8 Å². The van der Waals surface area contributed by atoms with Gasteiger partial charge in [-0.3, -0.25) is 0 Å². The molecule has 0 bridgehead atoms. The predicted octanol–water partition coefficient (Wildman–Crippen LogP) is 22.1. The third kappa shape index (κ3) is 7.39. The van der Waals surface area contributed by atoms with Gasteiger partial charge in [-0.05, 0) is 189 Å². The SMILES string of the molecule is Cc1ccc(C2(c3cc(C)c(N(c4ccccc4)c4ccc5ccc6c(N(c7ccccc7)c7c(C)cc(C8(c9ccc(C)cc9)c9ccccc9-c9ccccc98)cc7C)ccc7ccc4c5c76)c(C)c3)c3ccccc3-c3ccccc32)cc1. The van der Waals surface area contributed by atoms with Gasteiger partial charge < -0.3 is 9.80 Å². The van der Waals surface area contributed by atoms with Crippen LogP contribution in [0.15, 0.2) is 279 Å². The maximum absolute atomic E-state index is 2.53. The van der Waals surface area contributed by atoms with Crippen molar-refractivity contribution in [3.63, 3.8) is 0 Å². The summed E-state index contributed by atoms with van der Waals surface area (Å²) in [6, 6.07) is 106. The Morgan fingerprint density at radius 1 is 0.256 bits per heavy atom. The smallest absolute Gasteiger partial charge is 0.0713 e. The molecule has 2 heteroatoms. The molecule has 14 aromatic rings. The van der Waals surface area contributed by atoms with E-state index in [1.807, 2.05) is 0 Å². The van der Waals surface area contributed by atoms with Crippen molar-refractivity contribution in [2.24, 2.45) is 0 Å². The van der Waals surface area contributed by atoms with Gasteiger partial charge in [0.15, 0.2) is 0 Å². The molecule has 2 aliphatic carbocycles. The van der Waals surface area contributed by atoms with Crippen LogP contribution in [0.1, 0.15) is 77.9 Å². The van der Waals surface area contributed by atoms with Crippen molar-refractivity contribution in [3.05, 3.63) is 357 Å². The highest BCUT2D eigenvalue weighted by Crippen LogP contribution is 2.60. The van der Waals surface area contributed by atoms with Gasteiger partial charge in [0.1, 0.15) is 0 Å². The number of benzene rings is 14. The summed E-state index contributed by atoms with van der Waals surface area (Å²) in [7, 11) is 0. The van der Waals surface area contributed by atoms with E-state index in [-0.39, 0.29) is 0 Å². The minimum Gasteiger partial charge on any atom is -0.309 e. The third-order valence-corrected chi connectivity index (χ3v) is 19.3. The Kier molecular flexibility index (Phi) is 11.7. The van der Waals surface area contributed by atoms with Crippen LogP contribution in [0.3, 0.4) is 0 Å². The summed E-state index contributed by atoms with van der Waals surface area (Å²) in [5.74, 6) is 0. The first-order valence-corrected chi connectivity index (χ1v) is 30.3. The molecule has 14 aromatic carbocycles. The van der Waals surface area contributed by atoms with Crippen LogP contribution in [0.25, 0.3) is 54.6 Å². The van der Waals surface area contributed by atoms with Crippen LogP contribution in [0, 0.1) is 41.5 Å². The van der Waals surface area contributed by atoms with Crippen LogP contribution in [-0.4, -0.2) is 0 Å². The Bertz CT molecular complexity index is 4540. The fourth-order valence-corrected chi connectivity index (χ4v) is 15.8. The van der Waals surface area contributed by atoms with E-state index in [2.05, 4.69) is 330 Å². The van der Waals surface area contributed by atoms with Gasteiger partial charge in [-0.1, -0.05) is 254 Å². The van der Waals surface area contributed by atoms with E-state index in [9.17, 15) is 0 Å². The topological polar surface area (TPSA) is 6.48 Å². The molecule has 0 fully saturated rings. The van der Waals surface area contributed by atoms with E-state index in [4.69, 9.17) is 0 Å². The lowest BCUT2D eigenvalue weighted by Crippen LogP contribution is -2.29. The van der Waals surface area contributed by atoms with Crippen molar-refractivity contribution >= 4 is 66.4 Å². The Morgan fingerprint density at radius 3 is 0.872 bits per heavy atom. The number of aryl methyl sites for hydroxylation is 6. The first kappa shape index (κ1) is 51.4. The van der Waals surface area contributed by atoms with E-state index >= 15 is 0 Å². The van der Waals surface area contributed by atoms with Crippen LogP contribution < -0.4 is 9.80 Å². The van der Waals surface area contributed by atoms with Gasteiger partial charge in [0.2, 0.25) is 0 Å². The highest BCUT2D eigenvalue weighted by molar-refractivity contribution is 6.28. The van der Waals surface area contributed by atoms with Crippen molar-refractivity contribution in [1.82, 2.24) is 0 Å². The van der Waals surface area contributed by atoms with Crippen molar-refractivity contribution in [3.8, 4) is 22.3 Å². The molecule has 0 heterocycles. The third-order valence-electron chi connectivity index (χ3n) is 19.3. The minimum atomic E-state index is -0.512. The number of nitrogens with zero attached hydrogens (tertiary/aromatic N) is 2. The van der Waals surface area contributed by atoms with E-state index in [1.165, 1.54) is 144 Å². The van der Waals surface area contributed by atoms with Crippen molar-refractivity contribution in [1.29, 1.82) is 0 Å². The van der Waals surface area contributed by atoms with E-state index in [0.717, 1.165) is 22.7 Å². The van der Waals surface area contributed by atoms with Gasteiger partial charge >= 0.3 is 0 Å². The number of para-hydroxylation sites is 2. The van der Waals surface area contributed by atoms with Gasteiger partial charge in [0.25, 0.3) is 0 Å². The van der Waals surface area contributed by atoms with E-state index in [1.54, 1.807) is 0 Å². The largest absolute Gasteiger partial charge is 0.309 e. The quantitative estimate of drug-likeness (QED) is 0.126. The van der Waals surface area contributed by atoms with Crippen LogP contribution >= 0.6 is 0 Å². The monoisotopic (exact) mass is 1100 g/mol. The molecule has 0 aromatic heterocycles. The standard InChI is InChI=1S/C84H64N2/c1-53-33-41-61(42-34-53)83(73-29-17-13-25-67(73)68-26-14-18-30-74(68)83)63-49-55(3)81(56(4)50-63)85(65-21-9-7-10-22-65)77-47-39-59-38-46-72-78(48-40-60-37-45-71(77)79(59)80(60)72)86(66-23-11-8-12-24-66)82-57(5)51-64(52-58(82)6)84(62-43-35-54(2)36-44-62)75-31-19-15-27-69(75)70-28-16-20-32-76(70)84/h7-52H,1-6H3. The number of hydrogen-bond donors (Lipinski definition) is 0. The molecule has 0 unspecified atom stereocenters. The molecule has 0 N–H and O–H groups in total. The molecule has 86 heavy (non-hydrogen) atoms. The van der Waals surface area contributed by atoms with Gasteiger partial charge in [-0.15, -0.1) is 0 Å². The fraction of sp³-hybridized carbons (Fsp3) is 0.0952. The van der Waals surface area contributed by atoms with E-state index < -0.39 is 10.8 Å². The second-order valence-corrected chi connectivity index (χ2v) is 24.3. The number of hydrogen-bond acceptors (Lipinski definition) is 2. The molecule has 0 atom stereocenters.